The number of H-pyrrole nitrogens is 1. The molecule has 1 aromatic carbocycles. The highest BCUT2D eigenvalue weighted by Crippen LogP contribution is 2.59. The zero-order chi connectivity index (χ0) is 20.9. The second kappa shape index (κ2) is 5.59. The van der Waals surface area contributed by atoms with Gasteiger partial charge in [0.05, 0.1) is 11.1 Å². The van der Waals surface area contributed by atoms with E-state index in [0.717, 1.165) is 40.1 Å². The number of aromatic amines is 1. The Labute approximate surface area is 173 Å². The van der Waals surface area contributed by atoms with Crippen molar-refractivity contribution in [3.05, 3.63) is 57.9 Å². The van der Waals surface area contributed by atoms with Crippen LogP contribution in [-0.4, -0.2) is 28.5 Å². The van der Waals surface area contributed by atoms with Crippen molar-refractivity contribution < 1.29 is 18.3 Å². The average Bonchev–Trinajstić information content (AvgIpc) is 3.21. The number of nitrogens with zero attached hydrogens (tertiary/aromatic N) is 1. The molecule has 4 nitrogen and oxygen atoms in total. The van der Waals surface area contributed by atoms with Gasteiger partial charge in [-0.1, -0.05) is 37.6 Å². The SMILES string of the molecule is CC1(C)CC(=O)C2=C(Cc3[nH]nc(C4CC(F)(F)C4)c3C23COc2ccccc23)C1. The molecule has 1 spiro atoms. The fraction of sp³-hybridized carbons (Fsp3) is 0.500. The number of aromatic nitrogens is 2. The topological polar surface area (TPSA) is 55.0 Å². The van der Waals surface area contributed by atoms with Crippen molar-refractivity contribution in [1.82, 2.24) is 10.2 Å². The molecule has 1 aromatic heterocycles. The quantitative estimate of drug-likeness (QED) is 0.732. The molecule has 30 heavy (non-hydrogen) atoms. The molecule has 0 amide bonds. The van der Waals surface area contributed by atoms with Gasteiger partial charge in [0.15, 0.2) is 5.78 Å². The minimum Gasteiger partial charge on any atom is -0.492 e. The average molecular weight is 410 g/mol. The maximum Gasteiger partial charge on any atom is 0.249 e. The van der Waals surface area contributed by atoms with Crippen molar-refractivity contribution in [2.24, 2.45) is 5.41 Å². The molecule has 4 aliphatic rings. The highest BCUT2D eigenvalue weighted by molar-refractivity contribution is 6.02. The highest BCUT2D eigenvalue weighted by Gasteiger charge is 2.58. The van der Waals surface area contributed by atoms with Crippen molar-refractivity contribution in [3.63, 3.8) is 0 Å². The normalized spacial score (nSPS) is 28.6. The van der Waals surface area contributed by atoms with Crippen molar-refractivity contribution in [2.45, 2.75) is 63.2 Å². The summed E-state index contributed by atoms with van der Waals surface area (Å²) in [6.07, 6.45) is 1.58. The van der Waals surface area contributed by atoms with Gasteiger partial charge in [-0.3, -0.25) is 9.89 Å². The molecule has 6 rings (SSSR count). The van der Waals surface area contributed by atoms with Crippen molar-refractivity contribution in [2.75, 3.05) is 6.61 Å². The number of carbonyl (C=O) groups excluding carboxylic acids is 1. The number of hydrogen-bond donors (Lipinski definition) is 1. The van der Waals surface area contributed by atoms with Crippen LogP contribution in [0.4, 0.5) is 8.78 Å². The zero-order valence-corrected chi connectivity index (χ0v) is 17.1. The number of ether oxygens (including phenoxy) is 1. The van der Waals surface area contributed by atoms with Crippen LogP contribution in [0.1, 0.15) is 68.0 Å². The minimum atomic E-state index is -2.63. The van der Waals surface area contributed by atoms with Crippen molar-refractivity contribution >= 4 is 5.78 Å². The number of alkyl halides is 2. The Balaban J connectivity index is 1.60. The number of hydrogen-bond acceptors (Lipinski definition) is 3. The van der Waals surface area contributed by atoms with Gasteiger partial charge >= 0.3 is 0 Å². The van der Waals surface area contributed by atoms with Gasteiger partial charge in [0.1, 0.15) is 12.4 Å². The molecule has 1 aliphatic heterocycles. The first-order valence-electron chi connectivity index (χ1n) is 10.6. The Morgan fingerprint density at radius 1 is 1.17 bits per heavy atom. The Hall–Kier alpha value is -2.50. The van der Waals surface area contributed by atoms with Gasteiger partial charge in [-0.15, -0.1) is 0 Å². The number of fused-ring (bicyclic) bond motifs is 5. The van der Waals surface area contributed by atoms with E-state index in [-0.39, 0.29) is 30.0 Å². The molecule has 6 heteroatoms. The standard InChI is InChI=1S/C24H24F2N2O2/c1-22(2)8-13-7-16-20(21(28-27-16)14-9-23(25,26)10-14)24(19(13)17(29)11-22)12-30-18-6-4-3-5-15(18)24/h3-6,14H,7-12H2,1-2H3,(H,27,28). The number of halogens is 2. The van der Waals surface area contributed by atoms with Crippen LogP contribution >= 0.6 is 0 Å². The second-order valence-electron chi connectivity index (χ2n) is 10.2. The number of benzene rings is 1. The Morgan fingerprint density at radius 2 is 1.93 bits per heavy atom. The Morgan fingerprint density at radius 3 is 2.70 bits per heavy atom. The Kier molecular flexibility index (Phi) is 3.41. The van der Waals surface area contributed by atoms with E-state index in [1.54, 1.807) is 0 Å². The molecule has 0 radical (unpaired) electrons. The summed E-state index contributed by atoms with van der Waals surface area (Å²) in [7, 11) is 0. The number of nitrogens with one attached hydrogen (secondary N) is 1. The van der Waals surface area contributed by atoms with Gasteiger partial charge < -0.3 is 4.74 Å². The molecule has 156 valence electrons. The van der Waals surface area contributed by atoms with Crippen LogP contribution in [0.5, 0.6) is 5.75 Å². The van der Waals surface area contributed by atoms with Crippen LogP contribution in [0.3, 0.4) is 0 Å². The molecule has 1 N–H and O–H groups in total. The summed E-state index contributed by atoms with van der Waals surface area (Å²) in [5.41, 5.74) is 4.64. The molecule has 1 unspecified atom stereocenters. The van der Waals surface area contributed by atoms with E-state index in [2.05, 4.69) is 24.0 Å². The summed E-state index contributed by atoms with van der Waals surface area (Å²) >= 11 is 0. The fourth-order valence-corrected chi connectivity index (χ4v) is 6.25. The van der Waals surface area contributed by atoms with Crippen LogP contribution < -0.4 is 4.74 Å². The van der Waals surface area contributed by atoms with Crippen LogP contribution in [0, 0.1) is 5.41 Å². The number of Topliss-reactive ketones (excluding diaryl/α,β-unsaturated/α-hetero) is 1. The molecular weight excluding hydrogens is 386 g/mol. The number of carbonyl (C=O) groups is 1. The largest absolute Gasteiger partial charge is 0.492 e. The molecular formula is C24H24F2N2O2. The third-order valence-electron chi connectivity index (χ3n) is 7.34. The van der Waals surface area contributed by atoms with Crippen LogP contribution in [-0.2, 0) is 16.6 Å². The lowest BCUT2D eigenvalue weighted by atomic mass is 9.57. The lowest BCUT2D eigenvalue weighted by Crippen LogP contribution is -2.45. The molecule has 0 bridgehead atoms. The summed E-state index contributed by atoms with van der Waals surface area (Å²) in [6, 6.07) is 7.82. The molecule has 3 aliphatic carbocycles. The van der Waals surface area contributed by atoms with Gasteiger partial charge in [-0.25, -0.2) is 8.78 Å². The van der Waals surface area contributed by atoms with Crippen molar-refractivity contribution in [1.29, 1.82) is 0 Å². The lowest BCUT2D eigenvalue weighted by molar-refractivity contribution is -0.119. The number of para-hydroxylation sites is 1. The van der Waals surface area contributed by atoms with Gasteiger partial charge in [0, 0.05) is 54.0 Å². The predicted molar refractivity (Wildman–Crippen MR) is 107 cm³/mol. The summed E-state index contributed by atoms with van der Waals surface area (Å²) in [5.74, 6) is -2.00. The first-order chi connectivity index (χ1) is 14.2. The summed E-state index contributed by atoms with van der Waals surface area (Å²) in [5, 5.41) is 7.71. The second-order valence-corrected chi connectivity index (χ2v) is 10.2. The summed E-state index contributed by atoms with van der Waals surface area (Å²) in [4.78, 5) is 13.6. The fourth-order valence-electron chi connectivity index (χ4n) is 6.25. The van der Waals surface area contributed by atoms with Crippen molar-refractivity contribution in [3.8, 4) is 5.75 Å². The zero-order valence-electron chi connectivity index (χ0n) is 17.1. The highest BCUT2D eigenvalue weighted by atomic mass is 19.3. The summed E-state index contributed by atoms with van der Waals surface area (Å²) < 4.78 is 33.5. The van der Waals surface area contributed by atoms with Gasteiger partial charge in [-0.2, -0.15) is 5.10 Å². The molecule has 2 aromatic rings. The molecule has 1 fully saturated rings. The molecule has 0 saturated heterocycles. The maximum absolute atomic E-state index is 13.7. The minimum absolute atomic E-state index is 0.0908. The summed E-state index contributed by atoms with van der Waals surface area (Å²) in [6.45, 7) is 4.58. The van der Waals surface area contributed by atoms with Crippen LogP contribution in [0.15, 0.2) is 35.4 Å². The van der Waals surface area contributed by atoms with E-state index in [9.17, 15) is 13.6 Å². The van der Waals surface area contributed by atoms with E-state index in [1.165, 1.54) is 0 Å². The third-order valence-corrected chi connectivity index (χ3v) is 7.34. The smallest absolute Gasteiger partial charge is 0.249 e. The lowest BCUT2D eigenvalue weighted by Gasteiger charge is -2.44. The molecule has 1 atom stereocenters. The monoisotopic (exact) mass is 410 g/mol. The number of rotatable bonds is 1. The molecule has 2 heterocycles. The van der Waals surface area contributed by atoms with E-state index in [1.807, 2.05) is 24.3 Å². The maximum atomic E-state index is 13.7. The first-order valence-corrected chi connectivity index (χ1v) is 10.6. The van der Waals surface area contributed by atoms with Crippen LogP contribution in [0.25, 0.3) is 0 Å². The van der Waals surface area contributed by atoms with Gasteiger partial charge in [0.2, 0.25) is 5.92 Å². The number of ketones is 1. The van der Waals surface area contributed by atoms with E-state index in [0.29, 0.717) is 25.1 Å². The van der Waals surface area contributed by atoms with E-state index in [4.69, 9.17) is 4.74 Å². The predicted octanol–water partition coefficient (Wildman–Crippen LogP) is 4.84. The Bertz CT molecular complexity index is 1120. The third kappa shape index (κ3) is 2.30. The van der Waals surface area contributed by atoms with E-state index < -0.39 is 11.3 Å². The van der Waals surface area contributed by atoms with Gasteiger partial charge in [0.25, 0.3) is 0 Å². The molecule has 1 saturated carbocycles. The first kappa shape index (κ1) is 18.3. The van der Waals surface area contributed by atoms with Gasteiger partial charge in [-0.05, 0) is 17.9 Å². The van der Waals surface area contributed by atoms with E-state index >= 15 is 0 Å². The van der Waals surface area contributed by atoms with Crippen LogP contribution in [0.2, 0.25) is 0 Å². The number of allylic oxidation sites excluding steroid dienone is 1.